The Morgan fingerprint density at radius 1 is 1.12 bits per heavy atom. The molecule has 7 nitrogen and oxygen atoms in total. The van der Waals surface area contributed by atoms with Crippen LogP contribution < -0.4 is 5.56 Å². The quantitative estimate of drug-likeness (QED) is 0.261. The number of carbonyl (C=O) groups excluding carboxylic acids is 1. The zero-order chi connectivity index (χ0) is 22.4. The first-order valence-corrected chi connectivity index (χ1v) is 11.5. The average Bonchev–Trinajstić information content (AvgIpc) is 2.77. The fourth-order valence-electron chi connectivity index (χ4n) is 3.34. The molecule has 172 valence electrons. The van der Waals surface area contributed by atoms with Gasteiger partial charge >= 0.3 is 5.97 Å². The van der Waals surface area contributed by atoms with Crippen LogP contribution in [0.4, 0.5) is 0 Å². The van der Waals surface area contributed by atoms with Crippen LogP contribution in [0.1, 0.15) is 36.8 Å². The van der Waals surface area contributed by atoms with E-state index in [0.29, 0.717) is 21.9 Å². The molecular formula is C23H29ClN4O3S. The molecule has 2 aromatic heterocycles. The van der Waals surface area contributed by atoms with Gasteiger partial charge < -0.3 is 9.64 Å². The highest BCUT2D eigenvalue weighted by molar-refractivity contribution is 7.99. The van der Waals surface area contributed by atoms with Crippen molar-refractivity contribution < 1.29 is 9.53 Å². The molecule has 0 radical (unpaired) electrons. The summed E-state index contributed by atoms with van der Waals surface area (Å²) < 4.78 is 7.01. The minimum Gasteiger partial charge on any atom is -0.462 e. The van der Waals surface area contributed by atoms with Crippen LogP contribution in [0.15, 0.2) is 46.3 Å². The number of thioether (sulfide) groups is 1. The van der Waals surface area contributed by atoms with Gasteiger partial charge in [-0.2, -0.15) is 4.98 Å². The molecule has 32 heavy (non-hydrogen) atoms. The highest BCUT2D eigenvalue weighted by Crippen LogP contribution is 2.25. The summed E-state index contributed by atoms with van der Waals surface area (Å²) in [4.78, 5) is 36.5. The van der Waals surface area contributed by atoms with Crippen LogP contribution in [0, 0.1) is 6.92 Å². The van der Waals surface area contributed by atoms with Gasteiger partial charge in [0.25, 0.3) is 5.56 Å². The largest absolute Gasteiger partial charge is 0.462 e. The number of rotatable bonds is 9. The molecule has 2 heterocycles. The van der Waals surface area contributed by atoms with Crippen molar-refractivity contribution in [2.24, 2.45) is 0 Å². The second-order valence-corrected chi connectivity index (χ2v) is 8.02. The van der Waals surface area contributed by atoms with E-state index >= 15 is 0 Å². The molecule has 3 rings (SSSR count). The van der Waals surface area contributed by atoms with Gasteiger partial charge in [-0.25, -0.2) is 9.78 Å². The van der Waals surface area contributed by atoms with E-state index in [1.807, 2.05) is 34.9 Å². The average molecular weight is 477 g/mol. The zero-order valence-electron chi connectivity index (χ0n) is 18.8. The molecule has 0 fully saturated rings. The Labute approximate surface area is 198 Å². The second-order valence-electron chi connectivity index (χ2n) is 6.96. The van der Waals surface area contributed by atoms with E-state index in [4.69, 9.17) is 4.74 Å². The number of ether oxygens (including phenoxy) is 1. The van der Waals surface area contributed by atoms with Gasteiger partial charge in [-0.05, 0) is 45.1 Å². The van der Waals surface area contributed by atoms with Crippen LogP contribution in [-0.4, -0.2) is 57.4 Å². The van der Waals surface area contributed by atoms with Gasteiger partial charge in [-0.3, -0.25) is 9.36 Å². The molecule has 0 bridgehead atoms. The third kappa shape index (κ3) is 5.68. The number of fused-ring (bicyclic) bond motifs is 1. The number of aromatic nitrogens is 3. The topological polar surface area (TPSA) is 77.3 Å². The van der Waals surface area contributed by atoms with E-state index in [-0.39, 0.29) is 24.6 Å². The third-order valence-corrected chi connectivity index (χ3v) is 5.99. The van der Waals surface area contributed by atoms with Gasteiger partial charge in [-0.15, -0.1) is 12.4 Å². The zero-order valence-corrected chi connectivity index (χ0v) is 20.5. The summed E-state index contributed by atoms with van der Waals surface area (Å²) in [7, 11) is 0. The summed E-state index contributed by atoms with van der Waals surface area (Å²) in [6, 6.07) is 11.3. The van der Waals surface area contributed by atoms with Crippen LogP contribution in [0.2, 0.25) is 0 Å². The Morgan fingerprint density at radius 3 is 2.44 bits per heavy atom. The van der Waals surface area contributed by atoms with Crippen LogP contribution in [0.25, 0.3) is 16.7 Å². The van der Waals surface area contributed by atoms with E-state index in [9.17, 15) is 9.59 Å². The number of halogens is 1. The number of carbonyl (C=O) groups is 1. The van der Waals surface area contributed by atoms with Gasteiger partial charge in [0.05, 0.1) is 23.3 Å². The molecule has 1 aromatic carbocycles. The lowest BCUT2D eigenvalue weighted by atomic mass is 10.1. The SMILES string of the molecule is CCOC(=O)c1cc2c(=O)nc(SCCN(CC)CC)n(-c3ccccc3)c2nc1C.Cl. The summed E-state index contributed by atoms with van der Waals surface area (Å²) in [5.41, 5.74) is 1.75. The van der Waals surface area contributed by atoms with Crippen molar-refractivity contribution >= 4 is 41.2 Å². The molecule has 0 aliphatic carbocycles. The van der Waals surface area contributed by atoms with Gasteiger partial charge in [0.2, 0.25) is 0 Å². The molecule has 0 saturated heterocycles. The second kappa shape index (κ2) is 12.0. The summed E-state index contributed by atoms with van der Waals surface area (Å²) >= 11 is 1.53. The Kier molecular flexibility index (Phi) is 9.68. The minimum absolute atomic E-state index is 0. The predicted molar refractivity (Wildman–Crippen MR) is 132 cm³/mol. The maximum Gasteiger partial charge on any atom is 0.339 e. The van der Waals surface area contributed by atoms with E-state index in [0.717, 1.165) is 31.1 Å². The Morgan fingerprint density at radius 2 is 1.81 bits per heavy atom. The van der Waals surface area contributed by atoms with Gasteiger partial charge in [0.1, 0.15) is 0 Å². The molecule has 0 aliphatic rings. The molecule has 9 heteroatoms. The van der Waals surface area contributed by atoms with Crippen molar-refractivity contribution in [1.29, 1.82) is 0 Å². The van der Waals surface area contributed by atoms with Crippen molar-refractivity contribution in [1.82, 2.24) is 19.4 Å². The van der Waals surface area contributed by atoms with Crippen molar-refractivity contribution in [2.75, 3.05) is 32.0 Å². The third-order valence-electron chi connectivity index (χ3n) is 5.07. The summed E-state index contributed by atoms with van der Waals surface area (Å²) in [6.07, 6.45) is 0. The van der Waals surface area contributed by atoms with Crippen molar-refractivity contribution in [3.8, 4) is 5.69 Å². The lowest BCUT2D eigenvalue weighted by Gasteiger charge is -2.19. The number of hydrogen-bond donors (Lipinski definition) is 0. The van der Waals surface area contributed by atoms with Gasteiger partial charge in [0.15, 0.2) is 10.8 Å². The number of pyridine rings is 1. The fourth-order valence-corrected chi connectivity index (χ4v) is 4.34. The van der Waals surface area contributed by atoms with Crippen LogP contribution in [0.3, 0.4) is 0 Å². The molecule has 0 saturated carbocycles. The first-order chi connectivity index (χ1) is 15.0. The lowest BCUT2D eigenvalue weighted by molar-refractivity contribution is 0.0525. The molecule has 0 atom stereocenters. The van der Waals surface area contributed by atoms with E-state index < -0.39 is 11.5 Å². The molecular weight excluding hydrogens is 448 g/mol. The van der Waals surface area contributed by atoms with E-state index in [1.165, 1.54) is 11.8 Å². The monoisotopic (exact) mass is 476 g/mol. The number of benzene rings is 1. The van der Waals surface area contributed by atoms with Crippen molar-refractivity contribution in [3.63, 3.8) is 0 Å². The first-order valence-electron chi connectivity index (χ1n) is 10.5. The van der Waals surface area contributed by atoms with Gasteiger partial charge in [-0.1, -0.05) is 43.8 Å². The van der Waals surface area contributed by atoms with Crippen molar-refractivity contribution in [2.45, 2.75) is 32.9 Å². The van der Waals surface area contributed by atoms with Crippen LogP contribution in [0.5, 0.6) is 0 Å². The molecule has 0 N–H and O–H groups in total. The minimum atomic E-state index is -0.488. The van der Waals surface area contributed by atoms with Gasteiger partial charge in [0, 0.05) is 18.0 Å². The summed E-state index contributed by atoms with van der Waals surface area (Å²) in [6.45, 7) is 10.9. The van der Waals surface area contributed by atoms with Crippen LogP contribution >= 0.6 is 24.2 Å². The predicted octanol–water partition coefficient (Wildman–Crippen LogP) is 4.12. The summed E-state index contributed by atoms with van der Waals surface area (Å²) in [5.74, 6) is 0.310. The number of hydrogen-bond acceptors (Lipinski definition) is 7. The lowest BCUT2D eigenvalue weighted by Crippen LogP contribution is -2.26. The fraction of sp³-hybridized carbons (Fsp3) is 0.391. The Hall–Kier alpha value is -2.42. The molecule has 0 aliphatic heterocycles. The van der Waals surface area contributed by atoms with E-state index in [1.54, 1.807) is 19.9 Å². The number of aryl methyl sites for hydroxylation is 1. The molecule has 0 amide bonds. The Bertz CT molecular complexity index is 1120. The maximum atomic E-state index is 12.9. The molecule has 0 unspecified atom stereocenters. The Balaban J connectivity index is 0.00000363. The number of esters is 1. The van der Waals surface area contributed by atoms with Crippen LogP contribution in [-0.2, 0) is 4.74 Å². The standard InChI is InChI=1S/C23H28N4O3S.ClH/c1-5-26(6-2)13-14-31-23-25-21(28)19-15-18(22(29)30-7-3)16(4)24-20(19)27(23)17-11-9-8-10-12-17;/h8-12,15H,5-7,13-14H2,1-4H3;1H. The smallest absolute Gasteiger partial charge is 0.339 e. The summed E-state index contributed by atoms with van der Waals surface area (Å²) in [5, 5.41) is 0.886. The highest BCUT2D eigenvalue weighted by atomic mass is 35.5. The number of nitrogens with zero attached hydrogens (tertiary/aromatic N) is 4. The normalized spacial score (nSPS) is 10.9. The van der Waals surface area contributed by atoms with Crippen molar-refractivity contribution in [3.05, 3.63) is 58.0 Å². The maximum absolute atomic E-state index is 12.9. The first kappa shape index (κ1) is 25.8. The molecule has 3 aromatic rings. The highest BCUT2D eigenvalue weighted by Gasteiger charge is 2.19. The van der Waals surface area contributed by atoms with E-state index in [2.05, 4.69) is 28.7 Å². The number of para-hydroxylation sites is 1. The molecule has 0 spiro atoms.